The van der Waals surface area contributed by atoms with Crippen LogP contribution in [0.5, 0.6) is 0 Å². The predicted molar refractivity (Wildman–Crippen MR) is 60.9 cm³/mol. The summed E-state index contributed by atoms with van der Waals surface area (Å²) >= 11 is 0. The summed E-state index contributed by atoms with van der Waals surface area (Å²) < 4.78 is 10.0. The molecule has 1 rings (SSSR count). The highest BCUT2D eigenvalue weighted by molar-refractivity contribution is 5.06. The van der Waals surface area contributed by atoms with Gasteiger partial charge in [0.1, 0.15) is 0 Å². The van der Waals surface area contributed by atoms with Gasteiger partial charge in [0.2, 0.25) is 0 Å². The first-order valence-corrected chi connectivity index (χ1v) is 5.57. The van der Waals surface area contributed by atoms with Gasteiger partial charge in [-0.2, -0.15) is 0 Å². The lowest BCUT2D eigenvalue weighted by Crippen LogP contribution is -2.26. The molecule has 1 aromatic heterocycles. The summed E-state index contributed by atoms with van der Waals surface area (Å²) in [6, 6.07) is 2.04. The van der Waals surface area contributed by atoms with Crippen LogP contribution in [0.2, 0.25) is 0 Å². The summed E-state index contributed by atoms with van der Waals surface area (Å²) in [4.78, 5) is 0. The van der Waals surface area contributed by atoms with Crippen LogP contribution in [0.1, 0.15) is 18.9 Å². The van der Waals surface area contributed by atoms with Gasteiger partial charge < -0.3 is 14.5 Å². The van der Waals surface area contributed by atoms with Gasteiger partial charge in [0.25, 0.3) is 0 Å². The first-order valence-electron chi connectivity index (χ1n) is 5.57. The second-order valence-corrected chi connectivity index (χ2v) is 3.81. The molecule has 0 aliphatic heterocycles. The molecule has 0 spiro atoms. The van der Waals surface area contributed by atoms with Crippen molar-refractivity contribution >= 4 is 0 Å². The summed E-state index contributed by atoms with van der Waals surface area (Å²) in [7, 11) is 1.73. The van der Waals surface area contributed by atoms with E-state index in [9.17, 15) is 0 Å². The molecule has 0 aliphatic rings. The number of hydrogen-bond acceptors (Lipinski definition) is 3. The molecule has 3 nitrogen and oxygen atoms in total. The first-order chi connectivity index (χ1) is 7.36. The van der Waals surface area contributed by atoms with Gasteiger partial charge in [0, 0.05) is 13.7 Å². The van der Waals surface area contributed by atoms with Gasteiger partial charge in [0.15, 0.2) is 0 Å². The van der Waals surface area contributed by atoms with Crippen LogP contribution in [-0.2, 0) is 11.2 Å². The third kappa shape index (κ3) is 5.00. The quantitative estimate of drug-likeness (QED) is 0.669. The van der Waals surface area contributed by atoms with Crippen molar-refractivity contribution in [1.29, 1.82) is 0 Å². The Morgan fingerprint density at radius 3 is 3.00 bits per heavy atom. The Labute approximate surface area is 91.8 Å². The standard InChI is InChI=1S/C12H21NO2/c1-3-11(9-13-5-7-14-2)8-12-4-6-15-10-12/h4,6,10-11,13H,3,5,7-9H2,1-2H3. The molecule has 0 saturated heterocycles. The Hall–Kier alpha value is -0.800. The molecular weight excluding hydrogens is 190 g/mol. The highest BCUT2D eigenvalue weighted by Crippen LogP contribution is 2.11. The molecule has 1 atom stereocenters. The lowest BCUT2D eigenvalue weighted by molar-refractivity contribution is 0.197. The number of furan rings is 1. The molecule has 0 aliphatic carbocycles. The largest absolute Gasteiger partial charge is 0.472 e. The Morgan fingerprint density at radius 1 is 1.53 bits per heavy atom. The average Bonchev–Trinajstić information content (AvgIpc) is 2.75. The van der Waals surface area contributed by atoms with E-state index in [0.29, 0.717) is 5.92 Å². The number of methoxy groups -OCH3 is 1. The fourth-order valence-electron chi connectivity index (χ4n) is 1.58. The molecule has 3 heteroatoms. The van der Waals surface area contributed by atoms with Crippen molar-refractivity contribution in [2.24, 2.45) is 5.92 Å². The van der Waals surface area contributed by atoms with E-state index < -0.39 is 0 Å². The molecule has 1 N–H and O–H groups in total. The van der Waals surface area contributed by atoms with E-state index in [1.807, 2.05) is 12.3 Å². The van der Waals surface area contributed by atoms with Crippen molar-refractivity contribution < 1.29 is 9.15 Å². The zero-order valence-electron chi connectivity index (χ0n) is 9.66. The maximum absolute atomic E-state index is 5.06. The maximum Gasteiger partial charge on any atom is 0.0934 e. The van der Waals surface area contributed by atoms with Gasteiger partial charge in [-0.05, 0) is 30.5 Å². The molecule has 0 amide bonds. The van der Waals surface area contributed by atoms with Gasteiger partial charge >= 0.3 is 0 Å². The van der Waals surface area contributed by atoms with Crippen LogP contribution in [0.4, 0.5) is 0 Å². The number of ether oxygens (including phenoxy) is 1. The van der Waals surface area contributed by atoms with Crippen molar-refractivity contribution in [2.75, 3.05) is 26.8 Å². The van der Waals surface area contributed by atoms with Crippen LogP contribution in [0.3, 0.4) is 0 Å². The van der Waals surface area contributed by atoms with Gasteiger partial charge in [-0.15, -0.1) is 0 Å². The highest BCUT2D eigenvalue weighted by Gasteiger charge is 2.07. The molecule has 0 saturated carbocycles. The smallest absolute Gasteiger partial charge is 0.0934 e. The van der Waals surface area contributed by atoms with Gasteiger partial charge in [0.05, 0.1) is 19.1 Å². The van der Waals surface area contributed by atoms with Gasteiger partial charge in [-0.25, -0.2) is 0 Å². The minimum Gasteiger partial charge on any atom is -0.472 e. The van der Waals surface area contributed by atoms with Crippen LogP contribution in [0.15, 0.2) is 23.0 Å². The van der Waals surface area contributed by atoms with E-state index >= 15 is 0 Å². The van der Waals surface area contributed by atoms with Crippen LogP contribution >= 0.6 is 0 Å². The second kappa shape index (κ2) is 7.49. The molecule has 0 radical (unpaired) electrons. The van der Waals surface area contributed by atoms with E-state index in [0.717, 1.165) is 26.1 Å². The van der Waals surface area contributed by atoms with Crippen LogP contribution in [0, 0.1) is 5.92 Å². The molecule has 0 aromatic carbocycles. The predicted octanol–water partition coefficient (Wildman–Crippen LogP) is 2.08. The molecular formula is C12H21NO2. The third-order valence-electron chi connectivity index (χ3n) is 2.60. The Balaban J connectivity index is 2.18. The summed E-state index contributed by atoms with van der Waals surface area (Å²) in [6.07, 6.45) is 5.84. The van der Waals surface area contributed by atoms with Crippen molar-refractivity contribution in [3.63, 3.8) is 0 Å². The van der Waals surface area contributed by atoms with Gasteiger partial charge in [-0.1, -0.05) is 13.3 Å². The topological polar surface area (TPSA) is 34.4 Å². The number of hydrogen-bond donors (Lipinski definition) is 1. The third-order valence-corrected chi connectivity index (χ3v) is 2.60. The zero-order valence-corrected chi connectivity index (χ0v) is 9.66. The average molecular weight is 211 g/mol. The van der Waals surface area contributed by atoms with Crippen molar-refractivity contribution in [1.82, 2.24) is 5.32 Å². The number of nitrogens with one attached hydrogen (secondary N) is 1. The Morgan fingerprint density at radius 2 is 2.40 bits per heavy atom. The lowest BCUT2D eigenvalue weighted by Gasteiger charge is -2.14. The van der Waals surface area contributed by atoms with Crippen LogP contribution < -0.4 is 5.32 Å². The van der Waals surface area contributed by atoms with E-state index in [-0.39, 0.29) is 0 Å². The Kier molecular flexibility index (Phi) is 6.12. The molecule has 0 bridgehead atoms. The summed E-state index contributed by atoms with van der Waals surface area (Å²) in [5.74, 6) is 0.680. The van der Waals surface area contributed by atoms with Crippen molar-refractivity contribution in [3.8, 4) is 0 Å². The zero-order chi connectivity index (χ0) is 10.9. The molecule has 1 heterocycles. The summed E-state index contributed by atoms with van der Waals surface area (Å²) in [5, 5.41) is 3.39. The minimum absolute atomic E-state index is 0.680. The fourth-order valence-corrected chi connectivity index (χ4v) is 1.58. The molecule has 86 valence electrons. The first kappa shape index (κ1) is 12.3. The van der Waals surface area contributed by atoms with E-state index in [2.05, 4.69) is 12.2 Å². The monoisotopic (exact) mass is 211 g/mol. The highest BCUT2D eigenvalue weighted by atomic mass is 16.5. The van der Waals surface area contributed by atoms with Crippen molar-refractivity contribution in [3.05, 3.63) is 24.2 Å². The molecule has 0 fully saturated rings. The van der Waals surface area contributed by atoms with E-state index in [1.165, 1.54) is 12.0 Å². The van der Waals surface area contributed by atoms with Crippen molar-refractivity contribution in [2.45, 2.75) is 19.8 Å². The van der Waals surface area contributed by atoms with E-state index in [4.69, 9.17) is 9.15 Å². The SMILES string of the molecule is CCC(CNCCOC)Cc1ccoc1. The second-order valence-electron chi connectivity index (χ2n) is 3.81. The molecule has 1 unspecified atom stereocenters. The van der Waals surface area contributed by atoms with Crippen LogP contribution in [-0.4, -0.2) is 26.8 Å². The van der Waals surface area contributed by atoms with E-state index in [1.54, 1.807) is 13.4 Å². The summed E-state index contributed by atoms with van der Waals surface area (Å²) in [5.41, 5.74) is 1.29. The fraction of sp³-hybridized carbons (Fsp3) is 0.667. The van der Waals surface area contributed by atoms with Gasteiger partial charge in [-0.3, -0.25) is 0 Å². The Bertz CT molecular complexity index is 234. The lowest BCUT2D eigenvalue weighted by atomic mass is 9.99. The normalized spacial score (nSPS) is 12.9. The minimum atomic E-state index is 0.680. The van der Waals surface area contributed by atoms with Crippen LogP contribution in [0.25, 0.3) is 0 Å². The maximum atomic E-state index is 5.06. The molecule has 1 aromatic rings. The molecule has 15 heavy (non-hydrogen) atoms. The summed E-state index contributed by atoms with van der Waals surface area (Å²) in [6.45, 7) is 4.98. The number of rotatable bonds is 8.